The van der Waals surface area contributed by atoms with Crippen molar-refractivity contribution in [1.29, 1.82) is 0 Å². The van der Waals surface area contributed by atoms with E-state index in [9.17, 15) is 42.3 Å². The van der Waals surface area contributed by atoms with Crippen molar-refractivity contribution in [2.45, 2.75) is 82.9 Å². The van der Waals surface area contributed by atoms with Gasteiger partial charge in [-0.25, -0.2) is 0 Å². The third-order valence-electron chi connectivity index (χ3n) is 8.14. The van der Waals surface area contributed by atoms with E-state index in [0.717, 1.165) is 11.1 Å². The Morgan fingerprint density at radius 1 is 0.765 bits per heavy atom. The summed E-state index contributed by atoms with van der Waals surface area (Å²) >= 11 is 0. The SMILES string of the molecule is CC(C)[C@H](NC(=O)c1ccc(-c2ccccc2)cc1)C(=O)N[C@@H](Cc1ccccc1)C(=O)NC(C)(C)C(=O)N[C@@H](CCC(N)=O)C(O)C(F)(F)F. The van der Waals surface area contributed by atoms with Gasteiger partial charge in [0.1, 0.15) is 17.6 Å². The van der Waals surface area contributed by atoms with Crippen LogP contribution in [0.5, 0.6) is 0 Å². The summed E-state index contributed by atoms with van der Waals surface area (Å²) < 4.78 is 40.0. The molecular formula is C37H44F3N5O6. The Morgan fingerprint density at radius 3 is 1.84 bits per heavy atom. The maximum atomic E-state index is 13.7. The number of rotatable bonds is 16. The summed E-state index contributed by atoms with van der Waals surface area (Å²) in [7, 11) is 0. The fourth-order valence-corrected chi connectivity index (χ4v) is 5.16. The Balaban J connectivity index is 1.78. The molecular weight excluding hydrogens is 667 g/mol. The second kappa shape index (κ2) is 17.6. The quantitative estimate of drug-likeness (QED) is 0.133. The Hall–Kier alpha value is -5.24. The van der Waals surface area contributed by atoms with E-state index in [1.807, 2.05) is 30.3 Å². The van der Waals surface area contributed by atoms with Gasteiger partial charge in [0.25, 0.3) is 5.91 Å². The zero-order valence-corrected chi connectivity index (χ0v) is 28.8. The molecule has 3 aromatic rings. The zero-order valence-electron chi connectivity index (χ0n) is 28.8. The minimum absolute atomic E-state index is 0.0379. The number of aliphatic hydroxyl groups is 1. The number of hydrogen-bond acceptors (Lipinski definition) is 6. The van der Waals surface area contributed by atoms with Gasteiger partial charge in [-0.15, -0.1) is 0 Å². The molecule has 0 bridgehead atoms. The highest BCUT2D eigenvalue weighted by Gasteiger charge is 2.45. The average molecular weight is 712 g/mol. The molecule has 0 saturated heterocycles. The van der Waals surface area contributed by atoms with E-state index in [4.69, 9.17) is 5.73 Å². The van der Waals surface area contributed by atoms with Crippen LogP contribution in [0, 0.1) is 5.92 Å². The number of amides is 5. The summed E-state index contributed by atoms with van der Waals surface area (Å²) in [4.78, 5) is 65.0. The number of aliphatic hydroxyl groups excluding tert-OH is 1. The molecule has 7 N–H and O–H groups in total. The molecule has 0 aliphatic heterocycles. The molecule has 0 spiro atoms. The van der Waals surface area contributed by atoms with Crippen LogP contribution in [-0.4, -0.2) is 70.6 Å². The number of nitrogens with one attached hydrogen (secondary N) is 4. The summed E-state index contributed by atoms with van der Waals surface area (Å²) in [5.41, 5.74) is 6.02. The number of halogens is 3. The summed E-state index contributed by atoms with van der Waals surface area (Å²) in [6.45, 7) is 5.89. The van der Waals surface area contributed by atoms with Crippen molar-refractivity contribution in [2.24, 2.45) is 11.7 Å². The Morgan fingerprint density at radius 2 is 1.31 bits per heavy atom. The molecule has 1 unspecified atom stereocenters. The van der Waals surface area contributed by atoms with Gasteiger partial charge >= 0.3 is 6.18 Å². The molecule has 11 nitrogen and oxygen atoms in total. The zero-order chi connectivity index (χ0) is 37.9. The smallest absolute Gasteiger partial charge is 0.382 e. The number of carbonyl (C=O) groups excluding carboxylic acids is 5. The first-order valence-corrected chi connectivity index (χ1v) is 16.4. The van der Waals surface area contributed by atoms with Gasteiger partial charge in [0.05, 0.1) is 6.04 Å². The van der Waals surface area contributed by atoms with Crippen LogP contribution in [-0.2, 0) is 25.6 Å². The molecule has 0 radical (unpaired) electrons. The molecule has 5 amide bonds. The highest BCUT2D eigenvalue weighted by atomic mass is 19.4. The van der Waals surface area contributed by atoms with Crippen molar-refractivity contribution >= 4 is 29.5 Å². The molecule has 4 atom stereocenters. The highest BCUT2D eigenvalue weighted by molar-refractivity contribution is 5.99. The van der Waals surface area contributed by atoms with E-state index in [1.165, 1.54) is 13.8 Å². The molecule has 14 heteroatoms. The van der Waals surface area contributed by atoms with Gasteiger partial charge in [-0.2, -0.15) is 13.2 Å². The molecule has 0 aliphatic rings. The second-order valence-corrected chi connectivity index (χ2v) is 13.1. The predicted molar refractivity (Wildman–Crippen MR) is 185 cm³/mol. The summed E-state index contributed by atoms with van der Waals surface area (Å²) in [5, 5.41) is 19.8. The highest BCUT2D eigenvalue weighted by Crippen LogP contribution is 2.25. The van der Waals surface area contributed by atoms with Gasteiger partial charge < -0.3 is 32.1 Å². The van der Waals surface area contributed by atoms with E-state index in [-0.39, 0.29) is 6.42 Å². The number of benzene rings is 3. The number of primary amides is 1. The Kier molecular flexibility index (Phi) is 13.9. The maximum Gasteiger partial charge on any atom is 0.416 e. The molecule has 0 fully saturated rings. The monoisotopic (exact) mass is 711 g/mol. The molecule has 0 aromatic heterocycles. The fourth-order valence-electron chi connectivity index (χ4n) is 5.16. The number of alkyl halides is 3. The first-order valence-electron chi connectivity index (χ1n) is 16.4. The minimum Gasteiger partial charge on any atom is -0.382 e. The molecule has 51 heavy (non-hydrogen) atoms. The first kappa shape index (κ1) is 40.2. The lowest BCUT2D eigenvalue weighted by atomic mass is 9.97. The van der Waals surface area contributed by atoms with E-state index >= 15 is 0 Å². The molecule has 274 valence electrons. The van der Waals surface area contributed by atoms with Gasteiger partial charge in [0.15, 0.2) is 6.10 Å². The van der Waals surface area contributed by atoms with Crippen molar-refractivity contribution < 1.29 is 42.3 Å². The van der Waals surface area contributed by atoms with Crippen LogP contribution in [0.3, 0.4) is 0 Å². The first-order chi connectivity index (χ1) is 23.9. The van der Waals surface area contributed by atoms with Crippen LogP contribution in [0.2, 0.25) is 0 Å². The van der Waals surface area contributed by atoms with Gasteiger partial charge in [-0.1, -0.05) is 86.6 Å². The number of nitrogens with two attached hydrogens (primary N) is 1. The van der Waals surface area contributed by atoms with E-state index in [0.29, 0.717) is 11.1 Å². The lowest BCUT2D eigenvalue weighted by molar-refractivity contribution is -0.213. The van der Waals surface area contributed by atoms with Gasteiger partial charge in [-0.05, 0) is 55.0 Å². The van der Waals surface area contributed by atoms with E-state index in [2.05, 4.69) is 21.3 Å². The summed E-state index contributed by atoms with van der Waals surface area (Å²) in [6.07, 6.45) is -9.34. The van der Waals surface area contributed by atoms with Gasteiger partial charge in [0.2, 0.25) is 23.6 Å². The lowest BCUT2D eigenvalue weighted by Crippen LogP contribution is -2.63. The second-order valence-electron chi connectivity index (χ2n) is 13.1. The number of hydrogen-bond donors (Lipinski definition) is 6. The third kappa shape index (κ3) is 11.9. The fraction of sp³-hybridized carbons (Fsp3) is 0.378. The molecule has 0 heterocycles. The number of carbonyl (C=O) groups is 5. The van der Waals surface area contributed by atoms with Crippen molar-refractivity contribution in [3.63, 3.8) is 0 Å². The van der Waals surface area contributed by atoms with Crippen LogP contribution in [0.25, 0.3) is 11.1 Å². The largest absolute Gasteiger partial charge is 0.416 e. The van der Waals surface area contributed by atoms with E-state index < -0.39 is 84.2 Å². The summed E-state index contributed by atoms with van der Waals surface area (Å²) in [5.74, 6) is -4.49. The lowest BCUT2D eigenvalue weighted by Gasteiger charge is -2.32. The van der Waals surface area contributed by atoms with Crippen LogP contribution < -0.4 is 27.0 Å². The van der Waals surface area contributed by atoms with Gasteiger partial charge in [-0.3, -0.25) is 24.0 Å². The molecule has 0 aliphatic carbocycles. The Labute approximate surface area is 294 Å². The topological polar surface area (TPSA) is 180 Å². The third-order valence-corrected chi connectivity index (χ3v) is 8.14. The van der Waals surface area contributed by atoms with Crippen molar-refractivity contribution in [2.75, 3.05) is 0 Å². The van der Waals surface area contributed by atoms with Crippen molar-refractivity contribution in [1.82, 2.24) is 21.3 Å². The molecule has 0 saturated carbocycles. The van der Waals surface area contributed by atoms with Gasteiger partial charge in [0, 0.05) is 18.4 Å². The van der Waals surface area contributed by atoms with Crippen LogP contribution >= 0.6 is 0 Å². The summed E-state index contributed by atoms with van der Waals surface area (Å²) in [6, 6.07) is 20.7. The van der Waals surface area contributed by atoms with Crippen molar-refractivity contribution in [3.05, 3.63) is 96.1 Å². The maximum absolute atomic E-state index is 13.7. The van der Waals surface area contributed by atoms with Crippen molar-refractivity contribution in [3.8, 4) is 11.1 Å². The normalized spacial score (nSPS) is 14.1. The Bertz CT molecular complexity index is 1650. The molecule has 3 rings (SSSR count). The van der Waals surface area contributed by atoms with E-state index in [1.54, 1.807) is 68.4 Å². The van der Waals surface area contributed by atoms with Crippen LogP contribution in [0.15, 0.2) is 84.9 Å². The molecule has 3 aromatic carbocycles. The average Bonchev–Trinajstić information content (AvgIpc) is 3.08. The van der Waals surface area contributed by atoms with Crippen LogP contribution in [0.1, 0.15) is 56.5 Å². The predicted octanol–water partition coefficient (Wildman–Crippen LogP) is 3.40. The minimum atomic E-state index is -5.12. The van der Waals surface area contributed by atoms with Crippen LogP contribution in [0.4, 0.5) is 13.2 Å². The standard InChI is InChI=1S/C37H44F3N5O6/c1-22(2)30(44-32(48)26-17-15-25(16-18-26)24-13-9-6-10-14-24)34(50)42-28(21-23-11-7-5-8-12-23)33(49)45-36(3,4)35(51)43-27(19-20-29(41)46)31(47)37(38,39)40/h5-18,22,27-28,30-31,47H,19-21H2,1-4H3,(H2,41,46)(H,42,50)(H,43,51)(H,44,48)(H,45,49)/t27-,28-,30-,31?/m0/s1.